The van der Waals surface area contributed by atoms with Crippen molar-refractivity contribution in [3.8, 4) is 11.5 Å². The minimum atomic E-state index is 0.0618. The van der Waals surface area contributed by atoms with Crippen LogP contribution in [-0.2, 0) is 6.42 Å². The summed E-state index contributed by atoms with van der Waals surface area (Å²) in [6.07, 6.45) is 7.45. The number of rotatable bonds is 4. The van der Waals surface area contributed by atoms with Crippen molar-refractivity contribution in [3.05, 3.63) is 58.8 Å². The number of piperidine rings is 1. The monoisotopic (exact) mass is 427 g/mol. The number of likely N-dealkylation sites (tertiary alicyclic amines) is 1. The standard InChI is InChI=1S/C19H18BrN5O2/c20-15-5-1-4-14(10-15)19(26)25-8-2-3-13(12-25)9-17-23-18(24-27-17)16-11-21-6-7-22-16/h1,4-7,10-11,13H,2-3,8-9,12H2. The Hall–Kier alpha value is -2.61. The first kappa shape index (κ1) is 17.8. The molecular formula is C19H18BrN5O2. The zero-order valence-corrected chi connectivity index (χ0v) is 16.2. The van der Waals surface area contributed by atoms with Crippen LogP contribution in [0, 0.1) is 5.92 Å². The molecule has 3 heterocycles. The molecule has 1 amide bonds. The van der Waals surface area contributed by atoms with E-state index in [4.69, 9.17) is 4.52 Å². The van der Waals surface area contributed by atoms with Crippen LogP contribution < -0.4 is 0 Å². The fourth-order valence-corrected chi connectivity index (χ4v) is 3.72. The third-order valence-electron chi connectivity index (χ3n) is 4.60. The summed E-state index contributed by atoms with van der Waals surface area (Å²) in [6, 6.07) is 7.50. The number of carbonyl (C=O) groups excluding carboxylic acids is 1. The molecule has 1 atom stereocenters. The first-order valence-corrected chi connectivity index (χ1v) is 9.62. The normalized spacial score (nSPS) is 17.1. The smallest absolute Gasteiger partial charge is 0.253 e. The third kappa shape index (κ3) is 4.21. The Morgan fingerprint density at radius 3 is 3.07 bits per heavy atom. The predicted octanol–water partition coefficient (Wildman–Crippen LogP) is 3.38. The minimum Gasteiger partial charge on any atom is -0.339 e. The van der Waals surface area contributed by atoms with Crippen LogP contribution in [0.1, 0.15) is 29.1 Å². The minimum absolute atomic E-state index is 0.0618. The number of benzene rings is 1. The van der Waals surface area contributed by atoms with E-state index in [2.05, 4.69) is 36.0 Å². The summed E-state index contributed by atoms with van der Waals surface area (Å²) < 4.78 is 6.29. The van der Waals surface area contributed by atoms with Crippen LogP contribution in [0.25, 0.3) is 11.5 Å². The maximum Gasteiger partial charge on any atom is 0.253 e. The zero-order chi connectivity index (χ0) is 18.6. The molecule has 0 saturated carbocycles. The van der Waals surface area contributed by atoms with Crippen LogP contribution in [0.2, 0.25) is 0 Å². The number of aromatic nitrogens is 4. The van der Waals surface area contributed by atoms with Crippen molar-refractivity contribution in [1.29, 1.82) is 0 Å². The van der Waals surface area contributed by atoms with Crippen LogP contribution in [-0.4, -0.2) is 44.0 Å². The Labute approximate surface area is 165 Å². The highest BCUT2D eigenvalue weighted by Gasteiger charge is 2.26. The van der Waals surface area contributed by atoms with E-state index in [1.807, 2.05) is 29.2 Å². The molecule has 1 fully saturated rings. The van der Waals surface area contributed by atoms with E-state index in [1.165, 1.54) is 0 Å². The molecule has 8 heteroatoms. The lowest BCUT2D eigenvalue weighted by atomic mass is 9.94. The molecule has 1 aromatic carbocycles. The molecule has 1 aliphatic heterocycles. The highest BCUT2D eigenvalue weighted by atomic mass is 79.9. The van der Waals surface area contributed by atoms with E-state index in [0.717, 1.165) is 23.9 Å². The van der Waals surface area contributed by atoms with Crippen LogP contribution >= 0.6 is 15.9 Å². The number of amides is 1. The highest BCUT2D eigenvalue weighted by molar-refractivity contribution is 9.10. The maximum absolute atomic E-state index is 12.8. The molecule has 138 valence electrons. The number of hydrogen-bond donors (Lipinski definition) is 0. The summed E-state index contributed by atoms with van der Waals surface area (Å²) in [6.45, 7) is 1.46. The molecule has 1 aliphatic rings. The molecule has 1 unspecified atom stereocenters. The van der Waals surface area contributed by atoms with Gasteiger partial charge in [-0.2, -0.15) is 4.98 Å². The Kier molecular flexibility index (Phi) is 5.24. The van der Waals surface area contributed by atoms with Crippen molar-refractivity contribution in [2.24, 2.45) is 5.92 Å². The lowest BCUT2D eigenvalue weighted by Gasteiger charge is -2.32. The van der Waals surface area contributed by atoms with E-state index in [-0.39, 0.29) is 5.91 Å². The Bertz CT molecular complexity index is 931. The Morgan fingerprint density at radius 2 is 2.26 bits per heavy atom. The average Bonchev–Trinajstić information content (AvgIpc) is 3.17. The van der Waals surface area contributed by atoms with Crippen molar-refractivity contribution in [1.82, 2.24) is 25.0 Å². The summed E-state index contributed by atoms with van der Waals surface area (Å²) in [4.78, 5) is 27.3. The third-order valence-corrected chi connectivity index (χ3v) is 5.09. The van der Waals surface area contributed by atoms with Crippen molar-refractivity contribution in [2.45, 2.75) is 19.3 Å². The highest BCUT2D eigenvalue weighted by Crippen LogP contribution is 2.23. The van der Waals surface area contributed by atoms with Gasteiger partial charge in [-0.15, -0.1) is 0 Å². The van der Waals surface area contributed by atoms with Gasteiger partial charge >= 0.3 is 0 Å². The van der Waals surface area contributed by atoms with Gasteiger partial charge in [-0.1, -0.05) is 27.2 Å². The van der Waals surface area contributed by atoms with Gasteiger partial charge < -0.3 is 9.42 Å². The molecule has 7 nitrogen and oxygen atoms in total. The lowest BCUT2D eigenvalue weighted by molar-refractivity contribution is 0.0668. The van der Waals surface area contributed by atoms with Gasteiger partial charge in [-0.25, -0.2) is 4.98 Å². The maximum atomic E-state index is 12.8. The lowest BCUT2D eigenvalue weighted by Crippen LogP contribution is -2.40. The fraction of sp³-hybridized carbons (Fsp3) is 0.316. The Morgan fingerprint density at radius 1 is 1.33 bits per heavy atom. The summed E-state index contributed by atoms with van der Waals surface area (Å²) >= 11 is 3.42. The van der Waals surface area contributed by atoms with Gasteiger partial charge in [-0.3, -0.25) is 9.78 Å². The molecule has 4 rings (SSSR count). The second-order valence-corrected chi connectivity index (χ2v) is 7.49. The van der Waals surface area contributed by atoms with Gasteiger partial charge in [0.25, 0.3) is 5.91 Å². The summed E-state index contributed by atoms with van der Waals surface area (Å²) in [7, 11) is 0. The van der Waals surface area contributed by atoms with Gasteiger partial charge in [0.05, 0.1) is 6.20 Å². The second kappa shape index (κ2) is 7.96. The number of carbonyl (C=O) groups is 1. The zero-order valence-electron chi connectivity index (χ0n) is 14.6. The molecule has 0 N–H and O–H groups in total. The first-order valence-electron chi connectivity index (χ1n) is 8.83. The van der Waals surface area contributed by atoms with E-state index in [9.17, 15) is 4.79 Å². The van der Waals surface area contributed by atoms with Gasteiger partial charge in [0.2, 0.25) is 11.7 Å². The van der Waals surface area contributed by atoms with E-state index >= 15 is 0 Å². The molecule has 1 saturated heterocycles. The van der Waals surface area contributed by atoms with Crippen molar-refractivity contribution in [2.75, 3.05) is 13.1 Å². The molecule has 0 bridgehead atoms. The van der Waals surface area contributed by atoms with Gasteiger partial charge in [-0.05, 0) is 37.0 Å². The number of hydrogen-bond acceptors (Lipinski definition) is 6. The molecule has 2 aromatic heterocycles. The number of nitrogens with zero attached hydrogens (tertiary/aromatic N) is 5. The quantitative estimate of drug-likeness (QED) is 0.634. The summed E-state index contributed by atoms with van der Waals surface area (Å²) in [5, 5.41) is 3.99. The fourth-order valence-electron chi connectivity index (χ4n) is 3.32. The molecule has 0 spiro atoms. The number of halogens is 1. The van der Waals surface area contributed by atoms with E-state index < -0.39 is 0 Å². The molecule has 0 radical (unpaired) electrons. The second-order valence-electron chi connectivity index (χ2n) is 6.58. The van der Waals surface area contributed by atoms with Crippen molar-refractivity contribution >= 4 is 21.8 Å². The van der Waals surface area contributed by atoms with E-state index in [0.29, 0.717) is 41.9 Å². The molecule has 0 aliphatic carbocycles. The topological polar surface area (TPSA) is 85.0 Å². The average molecular weight is 428 g/mol. The van der Waals surface area contributed by atoms with Crippen LogP contribution in [0.4, 0.5) is 0 Å². The van der Waals surface area contributed by atoms with Crippen molar-refractivity contribution in [3.63, 3.8) is 0 Å². The first-order chi connectivity index (χ1) is 13.2. The van der Waals surface area contributed by atoms with E-state index in [1.54, 1.807) is 18.6 Å². The van der Waals surface area contributed by atoms with Crippen LogP contribution in [0.3, 0.4) is 0 Å². The van der Waals surface area contributed by atoms with Crippen molar-refractivity contribution < 1.29 is 9.32 Å². The SMILES string of the molecule is O=C(c1cccc(Br)c1)N1CCCC(Cc2nc(-c3cnccn3)no2)C1. The molecular weight excluding hydrogens is 410 g/mol. The predicted molar refractivity (Wildman–Crippen MR) is 102 cm³/mol. The Balaban J connectivity index is 1.42. The van der Waals surface area contributed by atoms with Gasteiger partial charge in [0, 0.05) is 41.9 Å². The van der Waals surface area contributed by atoms with Crippen LogP contribution in [0.5, 0.6) is 0 Å². The van der Waals surface area contributed by atoms with Crippen LogP contribution in [0.15, 0.2) is 51.9 Å². The van der Waals surface area contributed by atoms with Gasteiger partial charge in [0.1, 0.15) is 5.69 Å². The van der Waals surface area contributed by atoms with Gasteiger partial charge in [0.15, 0.2) is 0 Å². The summed E-state index contributed by atoms with van der Waals surface area (Å²) in [5.74, 6) is 1.37. The molecule has 27 heavy (non-hydrogen) atoms. The molecule has 3 aromatic rings. The summed E-state index contributed by atoms with van der Waals surface area (Å²) in [5.41, 5.74) is 1.29. The largest absolute Gasteiger partial charge is 0.339 e.